The molecule has 2 aliphatic rings. The number of carbonyl (C=O) groups is 4. The predicted molar refractivity (Wildman–Crippen MR) is 148 cm³/mol. The zero-order valence-electron chi connectivity index (χ0n) is 23.5. The Hall–Kier alpha value is -2.85. The lowest BCUT2D eigenvalue weighted by Gasteiger charge is -2.34. The summed E-state index contributed by atoms with van der Waals surface area (Å²) in [4.78, 5) is 56.1. The normalized spacial score (nSPS) is 18.6. The Morgan fingerprint density at radius 2 is 1.82 bits per heavy atom. The van der Waals surface area contributed by atoms with Crippen molar-refractivity contribution >= 4 is 35.2 Å². The lowest BCUT2D eigenvalue weighted by molar-refractivity contribution is -0.147. The lowest BCUT2D eigenvalue weighted by atomic mass is 10.0. The van der Waals surface area contributed by atoms with Gasteiger partial charge >= 0.3 is 0 Å². The third-order valence-corrected chi connectivity index (χ3v) is 6.75. The van der Waals surface area contributed by atoms with Gasteiger partial charge in [-0.1, -0.05) is 25.4 Å². The molecule has 2 fully saturated rings. The molecule has 0 radical (unpaired) electrons. The van der Waals surface area contributed by atoms with Gasteiger partial charge in [-0.25, -0.2) is 0 Å². The van der Waals surface area contributed by atoms with Crippen molar-refractivity contribution < 1.29 is 28.7 Å². The highest BCUT2D eigenvalue weighted by atomic mass is 35.5. The molecular weight excluding hydrogens is 524 g/mol. The molecule has 2 unspecified atom stereocenters. The molecule has 2 aliphatic heterocycles. The average molecular weight is 565 g/mol. The van der Waals surface area contributed by atoms with Crippen LogP contribution in [0, 0.1) is 5.92 Å². The molecule has 0 aliphatic carbocycles. The number of amides is 4. The third-order valence-electron chi connectivity index (χ3n) is 6.51. The van der Waals surface area contributed by atoms with E-state index in [1.807, 2.05) is 34.6 Å². The molecule has 216 valence electrons. The van der Waals surface area contributed by atoms with Crippen molar-refractivity contribution in [1.29, 1.82) is 0 Å². The number of rotatable bonds is 9. The first-order chi connectivity index (χ1) is 18.4. The molecule has 0 aromatic heterocycles. The summed E-state index contributed by atoms with van der Waals surface area (Å²) in [5, 5.41) is 5.98. The Balaban J connectivity index is 1.75. The van der Waals surface area contributed by atoms with E-state index < -0.39 is 23.5 Å². The maximum Gasteiger partial charge on any atom is 0.258 e. The van der Waals surface area contributed by atoms with E-state index in [-0.39, 0.29) is 41.6 Å². The quantitative estimate of drug-likeness (QED) is 0.476. The largest absolute Gasteiger partial charge is 0.483 e. The van der Waals surface area contributed by atoms with Crippen LogP contribution < -0.4 is 15.4 Å². The maximum absolute atomic E-state index is 13.8. The second kappa shape index (κ2) is 13.5. The van der Waals surface area contributed by atoms with Crippen LogP contribution in [0.25, 0.3) is 0 Å². The monoisotopic (exact) mass is 564 g/mol. The zero-order valence-corrected chi connectivity index (χ0v) is 24.3. The second-order valence-corrected chi connectivity index (χ2v) is 11.9. The van der Waals surface area contributed by atoms with Gasteiger partial charge in [0.05, 0.1) is 18.8 Å². The number of halogens is 1. The van der Waals surface area contributed by atoms with Crippen LogP contribution in [0.4, 0.5) is 0 Å². The van der Waals surface area contributed by atoms with Gasteiger partial charge in [-0.3, -0.25) is 19.2 Å². The summed E-state index contributed by atoms with van der Waals surface area (Å²) in [5.74, 6) is -0.947. The van der Waals surface area contributed by atoms with Crippen LogP contribution in [-0.4, -0.2) is 90.5 Å². The highest BCUT2D eigenvalue weighted by Gasteiger charge is 2.40. The van der Waals surface area contributed by atoms with Crippen LogP contribution in [0.5, 0.6) is 5.75 Å². The van der Waals surface area contributed by atoms with Gasteiger partial charge in [0.15, 0.2) is 6.61 Å². The van der Waals surface area contributed by atoms with Crippen LogP contribution in [0.2, 0.25) is 5.02 Å². The maximum atomic E-state index is 13.8. The highest BCUT2D eigenvalue weighted by Crippen LogP contribution is 2.25. The number of benzene rings is 1. The molecule has 0 saturated carbocycles. The molecule has 1 aromatic carbocycles. The third kappa shape index (κ3) is 8.83. The van der Waals surface area contributed by atoms with Crippen LogP contribution in [0.3, 0.4) is 0 Å². The van der Waals surface area contributed by atoms with Gasteiger partial charge < -0.3 is 29.9 Å². The average Bonchev–Trinajstić information content (AvgIpc) is 3.35. The molecule has 39 heavy (non-hydrogen) atoms. The molecule has 10 nitrogen and oxygen atoms in total. The van der Waals surface area contributed by atoms with Crippen molar-refractivity contribution in [3.05, 3.63) is 28.8 Å². The zero-order chi connectivity index (χ0) is 28.7. The minimum Gasteiger partial charge on any atom is -0.483 e. The molecule has 2 N–H and O–H groups in total. The molecule has 2 saturated heterocycles. The van der Waals surface area contributed by atoms with Crippen molar-refractivity contribution in [3.63, 3.8) is 0 Å². The topological polar surface area (TPSA) is 117 Å². The smallest absolute Gasteiger partial charge is 0.258 e. The predicted octanol–water partition coefficient (Wildman–Crippen LogP) is 2.63. The number of ether oxygens (including phenoxy) is 2. The molecule has 3 rings (SSSR count). The first-order valence-corrected chi connectivity index (χ1v) is 13.9. The van der Waals surface area contributed by atoms with E-state index in [9.17, 15) is 19.2 Å². The minimum atomic E-state index is -0.841. The molecule has 0 spiro atoms. The van der Waals surface area contributed by atoms with E-state index in [4.69, 9.17) is 21.1 Å². The van der Waals surface area contributed by atoms with Crippen molar-refractivity contribution in [1.82, 2.24) is 20.4 Å². The summed E-state index contributed by atoms with van der Waals surface area (Å²) < 4.78 is 11.0. The lowest BCUT2D eigenvalue weighted by Crippen LogP contribution is -2.55. The van der Waals surface area contributed by atoms with Crippen LogP contribution in [0.1, 0.15) is 64.2 Å². The van der Waals surface area contributed by atoms with Crippen LogP contribution in [0.15, 0.2) is 18.2 Å². The molecule has 0 bridgehead atoms. The molecule has 1 aromatic rings. The van der Waals surface area contributed by atoms with Gasteiger partial charge in [-0.15, -0.1) is 0 Å². The standard InChI is InChI=1S/C28H41ClN4O6/c1-18(2)15-21(26(36)33-10-6-7-22(33)27(37)32-11-13-38-14-12-32)30-25(35)20-16-19(29)8-9-23(20)39-17-24(34)31-28(3,4)5/h8-9,16,18,21-22H,6-7,10-15,17H2,1-5H3,(H,30,35)(H,31,34). The van der Waals surface area contributed by atoms with Gasteiger partial charge in [0, 0.05) is 30.2 Å². The number of morpholine rings is 1. The second-order valence-electron chi connectivity index (χ2n) is 11.5. The Morgan fingerprint density at radius 1 is 1.13 bits per heavy atom. The summed E-state index contributed by atoms with van der Waals surface area (Å²) in [6.45, 7) is 11.7. The minimum absolute atomic E-state index is 0.0714. The van der Waals surface area contributed by atoms with Gasteiger partial charge in [-0.05, 0) is 64.2 Å². The van der Waals surface area contributed by atoms with Crippen LogP contribution >= 0.6 is 11.6 Å². The van der Waals surface area contributed by atoms with E-state index in [1.54, 1.807) is 15.9 Å². The van der Waals surface area contributed by atoms with Gasteiger partial charge in [0.2, 0.25) is 11.8 Å². The van der Waals surface area contributed by atoms with Gasteiger partial charge in [0.1, 0.15) is 17.8 Å². The fourth-order valence-electron chi connectivity index (χ4n) is 4.81. The van der Waals surface area contributed by atoms with Crippen molar-refractivity contribution in [3.8, 4) is 5.75 Å². The number of likely N-dealkylation sites (tertiary alicyclic amines) is 1. The first kappa shape index (κ1) is 30.7. The molecule has 11 heteroatoms. The van der Waals surface area contributed by atoms with E-state index in [2.05, 4.69) is 10.6 Å². The fourth-order valence-corrected chi connectivity index (χ4v) is 4.99. The summed E-state index contributed by atoms with van der Waals surface area (Å²) >= 11 is 6.18. The fraction of sp³-hybridized carbons (Fsp3) is 0.643. The first-order valence-electron chi connectivity index (χ1n) is 13.6. The Kier molecular flexibility index (Phi) is 10.6. The molecule has 4 amide bonds. The number of nitrogens with one attached hydrogen (secondary N) is 2. The summed E-state index contributed by atoms with van der Waals surface area (Å²) in [5.41, 5.74) is -0.309. The molecule has 2 heterocycles. The SMILES string of the molecule is CC(C)CC(NC(=O)c1cc(Cl)ccc1OCC(=O)NC(C)(C)C)C(=O)N1CCCC1C(=O)N1CCOCC1. The Labute approximate surface area is 235 Å². The molecular formula is C28H41ClN4O6. The summed E-state index contributed by atoms with van der Waals surface area (Å²) in [6, 6.07) is 3.15. The summed E-state index contributed by atoms with van der Waals surface area (Å²) in [7, 11) is 0. The molecule has 2 atom stereocenters. The van der Waals surface area contributed by atoms with E-state index in [0.29, 0.717) is 50.7 Å². The number of nitrogens with zero attached hydrogens (tertiary/aromatic N) is 2. The van der Waals surface area contributed by atoms with Crippen LogP contribution in [-0.2, 0) is 19.1 Å². The van der Waals surface area contributed by atoms with Crippen molar-refractivity contribution in [2.75, 3.05) is 39.5 Å². The van der Waals surface area contributed by atoms with Crippen molar-refractivity contribution in [2.24, 2.45) is 5.92 Å². The van der Waals surface area contributed by atoms with E-state index in [0.717, 1.165) is 6.42 Å². The van der Waals surface area contributed by atoms with Gasteiger partial charge in [-0.2, -0.15) is 0 Å². The summed E-state index contributed by atoms with van der Waals surface area (Å²) in [6.07, 6.45) is 1.70. The Bertz CT molecular complexity index is 1050. The number of hydrogen-bond acceptors (Lipinski definition) is 6. The number of hydrogen-bond donors (Lipinski definition) is 2. The Morgan fingerprint density at radius 3 is 2.46 bits per heavy atom. The van der Waals surface area contributed by atoms with E-state index in [1.165, 1.54) is 12.1 Å². The van der Waals surface area contributed by atoms with Crippen molar-refractivity contribution in [2.45, 2.75) is 71.5 Å². The van der Waals surface area contributed by atoms with Gasteiger partial charge in [0.25, 0.3) is 11.8 Å². The van der Waals surface area contributed by atoms with E-state index >= 15 is 0 Å². The number of carbonyl (C=O) groups excluding carboxylic acids is 4. The highest BCUT2D eigenvalue weighted by molar-refractivity contribution is 6.31.